The van der Waals surface area contributed by atoms with Gasteiger partial charge in [0.1, 0.15) is 5.78 Å². The molecule has 1 aromatic carbocycles. The van der Waals surface area contributed by atoms with Gasteiger partial charge >= 0.3 is 0 Å². The lowest BCUT2D eigenvalue weighted by molar-refractivity contribution is -0.116. The van der Waals surface area contributed by atoms with Crippen molar-refractivity contribution in [3.8, 4) is 0 Å². The molecule has 0 unspecified atom stereocenters. The second-order valence-corrected chi connectivity index (χ2v) is 5.43. The lowest BCUT2D eigenvalue weighted by atomic mass is 10.2. The van der Waals surface area contributed by atoms with Gasteiger partial charge in [-0.2, -0.15) is 0 Å². The Morgan fingerprint density at radius 3 is 2.31 bits per heavy atom. The second-order valence-electron chi connectivity index (χ2n) is 3.66. The molecule has 1 N–H and O–H groups in total. The molecular formula is C11H15NO3S. The highest BCUT2D eigenvalue weighted by molar-refractivity contribution is 7.89. The Morgan fingerprint density at radius 2 is 1.81 bits per heavy atom. The van der Waals surface area contributed by atoms with Gasteiger partial charge in [0.25, 0.3) is 0 Å². The van der Waals surface area contributed by atoms with Crippen molar-refractivity contribution in [3.05, 3.63) is 29.8 Å². The summed E-state index contributed by atoms with van der Waals surface area (Å²) < 4.78 is 25.8. The molecule has 0 amide bonds. The maximum atomic E-state index is 11.7. The first-order valence-electron chi connectivity index (χ1n) is 4.97. The van der Waals surface area contributed by atoms with Gasteiger partial charge in [-0.15, -0.1) is 0 Å². The van der Waals surface area contributed by atoms with Crippen molar-refractivity contribution in [2.24, 2.45) is 0 Å². The van der Waals surface area contributed by atoms with Crippen molar-refractivity contribution in [2.75, 3.05) is 6.54 Å². The third-order valence-electron chi connectivity index (χ3n) is 2.10. The van der Waals surface area contributed by atoms with Gasteiger partial charge in [-0.05, 0) is 26.0 Å². The number of sulfonamides is 1. The molecule has 0 atom stereocenters. The summed E-state index contributed by atoms with van der Waals surface area (Å²) in [4.78, 5) is 10.9. The van der Waals surface area contributed by atoms with Crippen LogP contribution in [0.2, 0.25) is 0 Å². The van der Waals surface area contributed by atoms with Crippen LogP contribution in [0.3, 0.4) is 0 Å². The molecule has 0 saturated carbocycles. The zero-order chi connectivity index (χ0) is 12.2. The minimum Gasteiger partial charge on any atom is -0.300 e. The molecule has 0 aliphatic heterocycles. The number of nitrogens with one attached hydrogen (secondary N) is 1. The predicted octanol–water partition coefficient (Wildman–Crippen LogP) is 1.25. The molecule has 0 bridgehead atoms. The van der Waals surface area contributed by atoms with Crippen LogP contribution in [0.5, 0.6) is 0 Å². The predicted molar refractivity (Wildman–Crippen MR) is 61.7 cm³/mol. The average molecular weight is 241 g/mol. The summed E-state index contributed by atoms with van der Waals surface area (Å²) in [6.07, 6.45) is 0.213. The summed E-state index contributed by atoms with van der Waals surface area (Å²) in [5.41, 5.74) is 1.00. The van der Waals surface area contributed by atoms with Gasteiger partial charge in [0, 0.05) is 13.0 Å². The molecule has 0 aromatic heterocycles. The van der Waals surface area contributed by atoms with Gasteiger partial charge in [-0.3, -0.25) is 4.79 Å². The van der Waals surface area contributed by atoms with Gasteiger partial charge < -0.3 is 0 Å². The highest BCUT2D eigenvalue weighted by atomic mass is 32.2. The molecule has 88 valence electrons. The third kappa shape index (κ3) is 3.75. The topological polar surface area (TPSA) is 63.2 Å². The number of aryl methyl sites for hydroxylation is 1. The number of carbonyl (C=O) groups excluding carboxylic acids is 1. The van der Waals surface area contributed by atoms with Crippen LogP contribution < -0.4 is 4.72 Å². The van der Waals surface area contributed by atoms with E-state index >= 15 is 0 Å². The molecule has 5 heteroatoms. The largest absolute Gasteiger partial charge is 0.300 e. The Hall–Kier alpha value is -1.20. The fourth-order valence-corrected chi connectivity index (χ4v) is 2.19. The summed E-state index contributed by atoms with van der Waals surface area (Å²) in [6, 6.07) is 6.57. The van der Waals surface area contributed by atoms with Crippen LogP contribution in [0.4, 0.5) is 0 Å². The molecule has 0 fully saturated rings. The van der Waals surface area contributed by atoms with Crippen LogP contribution in [0, 0.1) is 6.92 Å². The highest BCUT2D eigenvalue weighted by Crippen LogP contribution is 2.09. The van der Waals surface area contributed by atoms with Gasteiger partial charge in [0.15, 0.2) is 0 Å². The molecule has 0 radical (unpaired) electrons. The third-order valence-corrected chi connectivity index (χ3v) is 3.58. The van der Waals surface area contributed by atoms with Gasteiger partial charge in [-0.1, -0.05) is 17.7 Å². The number of hydrogen-bond donors (Lipinski definition) is 1. The smallest absolute Gasteiger partial charge is 0.240 e. The van der Waals surface area contributed by atoms with Crippen molar-refractivity contribution in [2.45, 2.75) is 25.2 Å². The molecule has 1 aromatic rings. The number of ketones is 1. The van der Waals surface area contributed by atoms with E-state index in [2.05, 4.69) is 4.72 Å². The van der Waals surface area contributed by atoms with Crippen LogP contribution in [-0.2, 0) is 14.8 Å². The fraction of sp³-hybridized carbons (Fsp3) is 0.364. The molecular weight excluding hydrogens is 226 g/mol. The lowest BCUT2D eigenvalue weighted by Crippen LogP contribution is -2.25. The zero-order valence-electron chi connectivity index (χ0n) is 9.36. The van der Waals surface area contributed by atoms with Gasteiger partial charge in [0.2, 0.25) is 10.0 Å². The zero-order valence-corrected chi connectivity index (χ0v) is 10.2. The van der Waals surface area contributed by atoms with Crippen LogP contribution >= 0.6 is 0 Å². The number of rotatable bonds is 5. The maximum absolute atomic E-state index is 11.7. The molecule has 0 saturated heterocycles. The van der Waals surface area contributed by atoms with E-state index < -0.39 is 10.0 Å². The standard InChI is InChI=1S/C11H15NO3S/c1-9-3-5-11(6-4-9)16(14,15)12-8-7-10(2)13/h3-6,12H,7-8H2,1-2H3. The van der Waals surface area contributed by atoms with E-state index in [1.54, 1.807) is 24.3 Å². The van der Waals surface area contributed by atoms with E-state index in [1.807, 2.05) is 6.92 Å². The molecule has 4 nitrogen and oxygen atoms in total. The second kappa shape index (κ2) is 5.23. The van der Waals surface area contributed by atoms with Crippen molar-refractivity contribution in [1.82, 2.24) is 4.72 Å². The normalized spacial score (nSPS) is 11.4. The molecule has 1 rings (SSSR count). The molecule has 0 spiro atoms. The quantitative estimate of drug-likeness (QED) is 0.844. The summed E-state index contributed by atoms with van der Waals surface area (Å²) in [5, 5.41) is 0. The Labute approximate surface area is 95.7 Å². The van der Waals surface area contributed by atoms with Crippen LogP contribution in [0.1, 0.15) is 18.9 Å². The van der Waals surface area contributed by atoms with Crippen LogP contribution in [0.25, 0.3) is 0 Å². The first kappa shape index (κ1) is 12.9. The maximum Gasteiger partial charge on any atom is 0.240 e. The minimum absolute atomic E-state index is 0.0355. The van der Waals surface area contributed by atoms with E-state index in [0.29, 0.717) is 0 Å². The van der Waals surface area contributed by atoms with Gasteiger partial charge in [0.05, 0.1) is 4.90 Å². The fourth-order valence-electron chi connectivity index (χ4n) is 1.16. The Morgan fingerprint density at radius 1 is 1.25 bits per heavy atom. The summed E-state index contributed by atoms with van der Waals surface area (Å²) >= 11 is 0. The molecule has 0 aliphatic rings. The van der Waals surface area contributed by atoms with E-state index in [9.17, 15) is 13.2 Å². The number of benzene rings is 1. The Bertz CT molecular complexity index is 463. The minimum atomic E-state index is -3.47. The van der Waals surface area contributed by atoms with Crippen molar-refractivity contribution >= 4 is 15.8 Å². The number of carbonyl (C=O) groups is 1. The van der Waals surface area contributed by atoms with Gasteiger partial charge in [-0.25, -0.2) is 13.1 Å². The van der Waals surface area contributed by atoms with E-state index in [0.717, 1.165) is 5.56 Å². The summed E-state index contributed by atoms with van der Waals surface area (Å²) in [6.45, 7) is 3.46. The van der Waals surface area contributed by atoms with Crippen LogP contribution in [-0.4, -0.2) is 20.7 Å². The lowest BCUT2D eigenvalue weighted by Gasteiger charge is -2.05. The number of hydrogen-bond acceptors (Lipinski definition) is 3. The molecule has 16 heavy (non-hydrogen) atoms. The van der Waals surface area contributed by atoms with E-state index in [-0.39, 0.29) is 23.6 Å². The van der Waals surface area contributed by atoms with E-state index in [1.165, 1.54) is 6.92 Å². The van der Waals surface area contributed by atoms with Crippen LogP contribution in [0.15, 0.2) is 29.2 Å². The van der Waals surface area contributed by atoms with Crippen molar-refractivity contribution in [3.63, 3.8) is 0 Å². The molecule has 0 aliphatic carbocycles. The first-order valence-corrected chi connectivity index (χ1v) is 6.46. The average Bonchev–Trinajstić information content (AvgIpc) is 2.17. The summed E-state index contributed by atoms with van der Waals surface area (Å²) in [7, 11) is -3.47. The summed E-state index contributed by atoms with van der Waals surface area (Å²) in [5.74, 6) is -0.0355. The first-order chi connectivity index (χ1) is 7.42. The Kier molecular flexibility index (Phi) is 4.20. The van der Waals surface area contributed by atoms with Crippen molar-refractivity contribution < 1.29 is 13.2 Å². The van der Waals surface area contributed by atoms with E-state index in [4.69, 9.17) is 0 Å². The highest BCUT2D eigenvalue weighted by Gasteiger charge is 2.12. The monoisotopic (exact) mass is 241 g/mol. The SMILES string of the molecule is CC(=O)CCNS(=O)(=O)c1ccc(C)cc1. The molecule has 0 heterocycles. The Balaban J connectivity index is 2.71. The van der Waals surface area contributed by atoms with Crippen molar-refractivity contribution in [1.29, 1.82) is 0 Å². The number of Topliss-reactive ketones (excluding diaryl/α,β-unsaturated/α-hetero) is 1.